The fraction of sp³-hybridized carbons (Fsp3) is 0.409. The highest BCUT2D eigenvalue weighted by molar-refractivity contribution is 5.94. The first kappa shape index (κ1) is 17.7. The molecule has 2 aromatic rings. The lowest BCUT2D eigenvalue weighted by Gasteiger charge is -2.30. The van der Waals surface area contributed by atoms with Gasteiger partial charge in [0.1, 0.15) is 0 Å². The summed E-state index contributed by atoms with van der Waals surface area (Å²) in [5.74, 6) is 0.771. The Balaban J connectivity index is 1.57. The van der Waals surface area contributed by atoms with E-state index in [1.165, 1.54) is 31.5 Å². The second kappa shape index (κ2) is 8.30. The molecule has 1 N–H and O–H groups in total. The molecular weight excluding hydrogens is 308 g/mol. The third-order valence-corrected chi connectivity index (χ3v) is 5.01. The third-order valence-electron chi connectivity index (χ3n) is 5.01. The molecule has 3 rings (SSSR count). The van der Waals surface area contributed by atoms with Gasteiger partial charge in [-0.1, -0.05) is 49.4 Å². The Labute approximate surface area is 151 Å². The maximum atomic E-state index is 12.5. The van der Waals surface area contributed by atoms with Gasteiger partial charge in [-0.15, -0.1) is 0 Å². The van der Waals surface area contributed by atoms with E-state index in [1.807, 2.05) is 49.4 Å². The van der Waals surface area contributed by atoms with E-state index in [2.05, 4.69) is 29.3 Å². The molecule has 1 aliphatic heterocycles. The van der Waals surface area contributed by atoms with Crippen LogP contribution in [0.15, 0.2) is 54.6 Å². The molecule has 1 heterocycles. The summed E-state index contributed by atoms with van der Waals surface area (Å²) in [5.41, 5.74) is 3.12. The summed E-state index contributed by atoms with van der Waals surface area (Å²) < 4.78 is 0. The highest BCUT2D eigenvalue weighted by atomic mass is 16.1. The number of nitrogens with one attached hydrogen (secondary N) is 1. The lowest BCUT2D eigenvalue weighted by atomic mass is 9.99. The smallest absolute Gasteiger partial charge is 0.251 e. The summed E-state index contributed by atoms with van der Waals surface area (Å²) in [6.45, 7) is 7.68. The molecule has 0 saturated carbocycles. The molecule has 132 valence electrons. The molecule has 0 aliphatic carbocycles. The van der Waals surface area contributed by atoms with Crippen molar-refractivity contribution in [2.75, 3.05) is 13.1 Å². The number of piperidine rings is 1. The minimum absolute atomic E-state index is 0.00298. The standard InChI is InChI=1S/C22H28N2O/c1-17-7-6-14-24(15-17)16-19-10-12-21(13-11-19)22(25)23-18(2)20-8-4-3-5-9-20/h3-5,8-13,17-18H,6-7,14-16H2,1-2H3,(H,23,25)/t17?,18-/m1/s1. The molecular formula is C22H28N2O. The molecule has 0 bridgehead atoms. The summed E-state index contributed by atoms with van der Waals surface area (Å²) in [4.78, 5) is 15.0. The Hall–Kier alpha value is -2.13. The molecule has 2 atom stereocenters. The molecule has 1 aliphatic rings. The van der Waals surface area contributed by atoms with Crippen molar-refractivity contribution >= 4 is 5.91 Å². The van der Waals surface area contributed by atoms with E-state index in [0.29, 0.717) is 0 Å². The van der Waals surface area contributed by atoms with Gasteiger partial charge in [-0.3, -0.25) is 9.69 Å². The first-order valence-electron chi connectivity index (χ1n) is 9.29. The van der Waals surface area contributed by atoms with Gasteiger partial charge in [-0.05, 0) is 55.5 Å². The topological polar surface area (TPSA) is 32.3 Å². The van der Waals surface area contributed by atoms with Crippen LogP contribution in [0.3, 0.4) is 0 Å². The molecule has 1 fully saturated rings. The van der Waals surface area contributed by atoms with Crippen LogP contribution in [-0.4, -0.2) is 23.9 Å². The normalized spacial score (nSPS) is 19.4. The number of hydrogen-bond acceptors (Lipinski definition) is 2. The Kier molecular flexibility index (Phi) is 5.87. The predicted molar refractivity (Wildman–Crippen MR) is 102 cm³/mol. The summed E-state index contributed by atoms with van der Waals surface area (Å²) in [7, 11) is 0. The molecule has 0 spiro atoms. The quantitative estimate of drug-likeness (QED) is 0.877. The monoisotopic (exact) mass is 336 g/mol. The third kappa shape index (κ3) is 4.93. The number of carbonyl (C=O) groups is 1. The number of rotatable bonds is 5. The van der Waals surface area contributed by atoms with E-state index < -0.39 is 0 Å². The molecule has 2 aromatic carbocycles. The summed E-state index contributed by atoms with van der Waals surface area (Å²) in [6.07, 6.45) is 2.63. The van der Waals surface area contributed by atoms with E-state index in [4.69, 9.17) is 0 Å². The Morgan fingerprint density at radius 3 is 2.56 bits per heavy atom. The van der Waals surface area contributed by atoms with Gasteiger partial charge in [0, 0.05) is 18.7 Å². The second-order valence-corrected chi connectivity index (χ2v) is 7.29. The van der Waals surface area contributed by atoms with Crippen LogP contribution in [0.2, 0.25) is 0 Å². The van der Waals surface area contributed by atoms with Crippen LogP contribution in [-0.2, 0) is 6.54 Å². The van der Waals surface area contributed by atoms with Crippen LogP contribution < -0.4 is 5.32 Å². The fourth-order valence-corrected chi connectivity index (χ4v) is 3.56. The van der Waals surface area contributed by atoms with Crippen molar-refractivity contribution in [2.45, 2.75) is 39.3 Å². The number of likely N-dealkylation sites (tertiary alicyclic amines) is 1. The van der Waals surface area contributed by atoms with Gasteiger partial charge in [0.05, 0.1) is 6.04 Å². The van der Waals surface area contributed by atoms with Crippen LogP contribution >= 0.6 is 0 Å². The van der Waals surface area contributed by atoms with Gasteiger partial charge in [-0.25, -0.2) is 0 Å². The van der Waals surface area contributed by atoms with E-state index in [9.17, 15) is 4.79 Å². The molecule has 1 saturated heterocycles. The zero-order valence-corrected chi connectivity index (χ0v) is 15.2. The minimum atomic E-state index is -0.0190. The molecule has 3 nitrogen and oxygen atoms in total. The average Bonchev–Trinajstić information content (AvgIpc) is 2.63. The van der Waals surface area contributed by atoms with Crippen molar-refractivity contribution in [1.29, 1.82) is 0 Å². The molecule has 0 radical (unpaired) electrons. The van der Waals surface area contributed by atoms with Crippen LogP contribution in [0.25, 0.3) is 0 Å². The summed E-state index contributed by atoms with van der Waals surface area (Å²) in [6, 6.07) is 18.1. The molecule has 3 heteroatoms. The number of amides is 1. The van der Waals surface area contributed by atoms with Crippen molar-refractivity contribution in [2.24, 2.45) is 5.92 Å². The Morgan fingerprint density at radius 1 is 1.16 bits per heavy atom. The van der Waals surface area contributed by atoms with Gasteiger partial charge < -0.3 is 5.32 Å². The van der Waals surface area contributed by atoms with Crippen molar-refractivity contribution in [3.63, 3.8) is 0 Å². The zero-order chi connectivity index (χ0) is 17.6. The van der Waals surface area contributed by atoms with Gasteiger partial charge in [0.15, 0.2) is 0 Å². The number of nitrogens with zero attached hydrogens (tertiary/aromatic N) is 1. The zero-order valence-electron chi connectivity index (χ0n) is 15.2. The highest BCUT2D eigenvalue weighted by Gasteiger charge is 2.16. The maximum absolute atomic E-state index is 12.5. The predicted octanol–water partition coefficient (Wildman–Crippen LogP) is 4.41. The second-order valence-electron chi connectivity index (χ2n) is 7.29. The number of hydrogen-bond donors (Lipinski definition) is 1. The van der Waals surface area contributed by atoms with Crippen LogP contribution in [0.1, 0.15) is 54.2 Å². The number of benzene rings is 2. The average molecular weight is 336 g/mol. The fourth-order valence-electron chi connectivity index (χ4n) is 3.56. The molecule has 1 amide bonds. The van der Waals surface area contributed by atoms with Crippen molar-refractivity contribution in [3.05, 3.63) is 71.3 Å². The van der Waals surface area contributed by atoms with Crippen LogP contribution in [0, 0.1) is 5.92 Å². The summed E-state index contributed by atoms with van der Waals surface area (Å²) >= 11 is 0. The molecule has 0 aromatic heterocycles. The Morgan fingerprint density at radius 2 is 1.88 bits per heavy atom. The lowest BCUT2D eigenvalue weighted by molar-refractivity contribution is 0.0940. The van der Waals surface area contributed by atoms with E-state index >= 15 is 0 Å². The largest absolute Gasteiger partial charge is 0.346 e. The number of carbonyl (C=O) groups excluding carboxylic acids is 1. The highest BCUT2D eigenvalue weighted by Crippen LogP contribution is 2.18. The van der Waals surface area contributed by atoms with Gasteiger partial charge in [-0.2, -0.15) is 0 Å². The van der Waals surface area contributed by atoms with Crippen molar-refractivity contribution in [3.8, 4) is 0 Å². The molecule has 25 heavy (non-hydrogen) atoms. The van der Waals surface area contributed by atoms with E-state index in [-0.39, 0.29) is 11.9 Å². The molecule has 1 unspecified atom stereocenters. The maximum Gasteiger partial charge on any atom is 0.251 e. The van der Waals surface area contributed by atoms with E-state index in [1.54, 1.807) is 0 Å². The van der Waals surface area contributed by atoms with Gasteiger partial charge in [0.2, 0.25) is 0 Å². The first-order valence-corrected chi connectivity index (χ1v) is 9.29. The van der Waals surface area contributed by atoms with E-state index in [0.717, 1.165) is 23.6 Å². The van der Waals surface area contributed by atoms with Gasteiger partial charge >= 0.3 is 0 Å². The SMILES string of the molecule is CC1CCCN(Cc2ccc(C(=O)N[C@H](C)c3ccccc3)cc2)C1. The van der Waals surface area contributed by atoms with Crippen molar-refractivity contribution in [1.82, 2.24) is 10.2 Å². The van der Waals surface area contributed by atoms with Crippen LogP contribution in [0.5, 0.6) is 0 Å². The van der Waals surface area contributed by atoms with Crippen LogP contribution in [0.4, 0.5) is 0 Å². The summed E-state index contributed by atoms with van der Waals surface area (Å²) in [5, 5.41) is 3.07. The minimum Gasteiger partial charge on any atom is -0.346 e. The van der Waals surface area contributed by atoms with Gasteiger partial charge in [0.25, 0.3) is 5.91 Å². The Bertz CT molecular complexity index is 681. The lowest BCUT2D eigenvalue weighted by Crippen LogP contribution is -2.33. The van der Waals surface area contributed by atoms with Crippen molar-refractivity contribution < 1.29 is 4.79 Å². The first-order chi connectivity index (χ1) is 12.1.